The van der Waals surface area contributed by atoms with Crippen LogP contribution in [0.4, 0.5) is 30.2 Å². The van der Waals surface area contributed by atoms with E-state index in [9.17, 15) is 22.8 Å². The molecule has 0 unspecified atom stereocenters. The molecule has 2 aromatic rings. The first-order chi connectivity index (χ1) is 13.2. The number of carbonyl (C=O) groups excluding carboxylic acids is 2. The second kappa shape index (κ2) is 7.53. The summed E-state index contributed by atoms with van der Waals surface area (Å²) >= 11 is 0. The van der Waals surface area contributed by atoms with Crippen LogP contribution in [0.25, 0.3) is 0 Å². The van der Waals surface area contributed by atoms with Crippen molar-refractivity contribution >= 4 is 28.9 Å². The van der Waals surface area contributed by atoms with Crippen molar-refractivity contribution in [3.05, 3.63) is 53.6 Å². The average molecular weight is 391 g/mol. The number of anilines is 3. The maximum Gasteiger partial charge on any atom is 0.416 e. The maximum absolute atomic E-state index is 13.0. The van der Waals surface area contributed by atoms with Gasteiger partial charge < -0.3 is 15.1 Å². The highest BCUT2D eigenvalue weighted by molar-refractivity contribution is 6.06. The van der Waals surface area contributed by atoms with Crippen LogP contribution in [0.1, 0.15) is 28.8 Å². The highest BCUT2D eigenvalue weighted by Crippen LogP contribution is 2.35. The SMILES string of the molecule is CN(C)c1ccc(C(F)(F)F)cc1NC(=O)c1ccc(N2CCCC2=O)cc1. The molecule has 0 aromatic heterocycles. The van der Waals surface area contributed by atoms with E-state index in [1.54, 1.807) is 48.2 Å². The van der Waals surface area contributed by atoms with Crippen molar-refractivity contribution < 1.29 is 22.8 Å². The van der Waals surface area contributed by atoms with Crippen molar-refractivity contribution in [2.75, 3.05) is 35.8 Å². The van der Waals surface area contributed by atoms with Crippen LogP contribution in [0.2, 0.25) is 0 Å². The Morgan fingerprint density at radius 1 is 1.11 bits per heavy atom. The Labute approximate surface area is 160 Å². The molecule has 5 nitrogen and oxygen atoms in total. The minimum absolute atomic E-state index is 0.0387. The van der Waals surface area contributed by atoms with Crippen molar-refractivity contribution in [3.8, 4) is 0 Å². The molecule has 1 heterocycles. The number of alkyl halides is 3. The summed E-state index contributed by atoms with van der Waals surface area (Å²) in [5.74, 6) is -0.487. The number of amides is 2. The summed E-state index contributed by atoms with van der Waals surface area (Å²) in [6.45, 7) is 0.640. The first-order valence-corrected chi connectivity index (χ1v) is 8.77. The highest BCUT2D eigenvalue weighted by atomic mass is 19.4. The maximum atomic E-state index is 13.0. The van der Waals surface area contributed by atoms with Crippen LogP contribution in [-0.4, -0.2) is 32.5 Å². The molecule has 0 radical (unpaired) electrons. The molecule has 2 amide bonds. The van der Waals surface area contributed by atoms with Gasteiger partial charge in [-0.15, -0.1) is 0 Å². The lowest BCUT2D eigenvalue weighted by Gasteiger charge is -2.20. The van der Waals surface area contributed by atoms with Crippen molar-refractivity contribution in [2.24, 2.45) is 0 Å². The van der Waals surface area contributed by atoms with E-state index in [0.29, 0.717) is 24.3 Å². The number of hydrogen-bond donors (Lipinski definition) is 1. The van der Waals surface area contributed by atoms with Gasteiger partial charge in [0.25, 0.3) is 5.91 Å². The number of rotatable bonds is 4. The fourth-order valence-electron chi connectivity index (χ4n) is 3.11. The highest BCUT2D eigenvalue weighted by Gasteiger charge is 2.31. The molecule has 3 rings (SSSR count). The lowest BCUT2D eigenvalue weighted by molar-refractivity contribution is -0.137. The van der Waals surface area contributed by atoms with E-state index < -0.39 is 17.6 Å². The second-order valence-electron chi connectivity index (χ2n) is 6.77. The van der Waals surface area contributed by atoms with Gasteiger partial charge in [0.15, 0.2) is 0 Å². The van der Waals surface area contributed by atoms with Crippen LogP contribution < -0.4 is 15.1 Å². The normalized spacial score (nSPS) is 14.3. The van der Waals surface area contributed by atoms with Gasteiger partial charge in [-0.2, -0.15) is 13.2 Å². The largest absolute Gasteiger partial charge is 0.416 e. The Balaban J connectivity index is 1.83. The predicted molar refractivity (Wildman–Crippen MR) is 102 cm³/mol. The first kappa shape index (κ1) is 19.7. The fraction of sp³-hybridized carbons (Fsp3) is 0.300. The number of nitrogens with one attached hydrogen (secondary N) is 1. The van der Waals surface area contributed by atoms with Crippen LogP contribution in [0.5, 0.6) is 0 Å². The van der Waals surface area contributed by atoms with Crippen LogP contribution in [0.15, 0.2) is 42.5 Å². The molecule has 0 spiro atoms. The van der Waals surface area contributed by atoms with E-state index in [1.807, 2.05) is 0 Å². The van der Waals surface area contributed by atoms with Gasteiger partial charge in [0.05, 0.1) is 16.9 Å². The molecule has 1 saturated heterocycles. The minimum atomic E-state index is -4.51. The molecule has 2 aromatic carbocycles. The zero-order valence-electron chi connectivity index (χ0n) is 15.5. The van der Waals surface area contributed by atoms with Gasteiger partial charge in [-0.05, 0) is 48.9 Å². The number of halogens is 3. The molecular weight excluding hydrogens is 371 g/mol. The van der Waals surface area contributed by atoms with Crippen LogP contribution in [0, 0.1) is 0 Å². The van der Waals surface area contributed by atoms with Crippen molar-refractivity contribution in [1.82, 2.24) is 0 Å². The molecule has 1 N–H and O–H groups in total. The topological polar surface area (TPSA) is 52.7 Å². The number of nitrogens with zero attached hydrogens (tertiary/aromatic N) is 2. The average Bonchev–Trinajstić information content (AvgIpc) is 3.06. The summed E-state index contributed by atoms with van der Waals surface area (Å²) in [6, 6.07) is 9.66. The standard InChI is InChI=1S/C20H20F3N3O2/c1-25(2)17-10-7-14(20(21,22)23)12-16(17)24-19(28)13-5-8-15(9-6-13)26-11-3-4-18(26)27/h5-10,12H,3-4,11H2,1-2H3,(H,24,28). The van der Waals surface area contributed by atoms with Crippen molar-refractivity contribution in [3.63, 3.8) is 0 Å². The lowest BCUT2D eigenvalue weighted by atomic mass is 10.1. The molecule has 28 heavy (non-hydrogen) atoms. The van der Waals surface area contributed by atoms with Gasteiger partial charge in [-0.25, -0.2) is 0 Å². The van der Waals surface area contributed by atoms with E-state index in [-0.39, 0.29) is 17.2 Å². The smallest absolute Gasteiger partial charge is 0.376 e. The van der Waals surface area contributed by atoms with Gasteiger partial charge in [0.2, 0.25) is 5.91 Å². The van der Waals surface area contributed by atoms with Gasteiger partial charge in [-0.1, -0.05) is 0 Å². The van der Waals surface area contributed by atoms with Crippen LogP contribution in [-0.2, 0) is 11.0 Å². The van der Waals surface area contributed by atoms with E-state index >= 15 is 0 Å². The molecule has 1 fully saturated rings. The Kier molecular flexibility index (Phi) is 5.31. The summed E-state index contributed by atoms with van der Waals surface area (Å²) in [5, 5.41) is 2.56. The summed E-state index contributed by atoms with van der Waals surface area (Å²) in [6.07, 6.45) is -3.21. The molecular formula is C20H20F3N3O2. The van der Waals surface area contributed by atoms with Crippen LogP contribution in [0.3, 0.4) is 0 Å². The summed E-state index contributed by atoms with van der Waals surface area (Å²) in [4.78, 5) is 27.6. The first-order valence-electron chi connectivity index (χ1n) is 8.77. The Hall–Kier alpha value is -3.03. The molecule has 0 saturated carbocycles. The van der Waals surface area contributed by atoms with Crippen LogP contribution >= 0.6 is 0 Å². The zero-order chi connectivity index (χ0) is 20.5. The number of benzene rings is 2. The molecule has 1 aliphatic rings. The summed E-state index contributed by atoms with van der Waals surface area (Å²) < 4.78 is 39.1. The number of hydrogen-bond acceptors (Lipinski definition) is 3. The van der Waals surface area contributed by atoms with Crippen molar-refractivity contribution in [2.45, 2.75) is 19.0 Å². The Bertz CT molecular complexity index is 893. The van der Waals surface area contributed by atoms with E-state index in [1.165, 1.54) is 6.07 Å². The van der Waals surface area contributed by atoms with E-state index in [4.69, 9.17) is 0 Å². The quantitative estimate of drug-likeness (QED) is 0.852. The van der Waals surface area contributed by atoms with Gasteiger partial charge in [0.1, 0.15) is 0 Å². The predicted octanol–water partition coefficient (Wildman–Crippen LogP) is 4.15. The fourth-order valence-corrected chi connectivity index (χ4v) is 3.11. The third-order valence-electron chi connectivity index (χ3n) is 4.57. The third kappa shape index (κ3) is 4.11. The molecule has 1 aliphatic heterocycles. The van der Waals surface area contributed by atoms with Crippen molar-refractivity contribution in [1.29, 1.82) is 0 Å². The summed E-state index contributed by atoms with van der Waals surface area (Å²) in [5.41, 5.74) is 0.685. The minimum Gasteiger partial charge on any atom is -0.376 e. The molecule has 0 atom stereocenters. The van der Waals surface area contributed by atoms with E-state index in [2.05, 4.69) is 5.32 Å². The van der Waals surface area contributed by atoms with E-state index in [0.717, 1.165) is 18.6 Å². The molecule has 8 heteroatoms. The monoisotopic (exact) mass is 391 g/mol. The molecule has 0 bridgehead atoms. The Morgan fingerprint density at radius 2 is 1.79 bits per heavy atom. The van der Waals surface area contributed by atoms with Gasteiger partial charge in [0, 0.05) is 38.3 Å². The van der Waals surface area contributed by atoms with Gasteiger partial charge >= 0.3 is 6.18 Å². The molecule has 0 aliphatic carbocycles. The summed E-state index contributed by atoms with van der Waals surface area (Å²) in [7, 11) is 3.36. The lowest BCUT2D eigenvalue weighted by Crippen LogP contribution is -2.23. The second-order valence-corrected chi connectivity index (χ2v) is 6.77. The Morgan fingerprint density at radius 3 is 2.32 bits per heavy atom. The zero-order valence-corrected chi connectivity index (χ0v) is 15.5. The third-order valence-corrected chi connectivity index (χ3v) is 4.57. The van der Waals surface area contributed by atoms with Gasteiger partial charge in [-0.3, -0.25) is 9.59 Å². The molecule has 148 valence electrons. The number of carbonyl (C=O) groups is 2.